The number of aliphatic hydroxyl groups is 4. The molecule has 1 fully saturated rings. The molecule has 5 N–H and O–H groups in total. The molecule has 1 aliphatic heterocycles. The molecule has 0 spiro atoms. The Bertz CT molecular complexity index is 1010. The Balaban J connectivity index is 1.89. The SMILES string of the molecule is O=S(=O)(O)O/N=C(\Cc1cccc2ccccc12)S[C@@H]1O[C@H](CO)[C@@H](O)[C@H](O)[C@H]1O. The van der Waals surface area contributed by atoms with Gasteiger partial charge < -0.3 is 25.2 Å². The largest absolute Gasteiger partial charge is 0.466 e. The number of rotatable bonds is 6. The maximum atomic E-state index is 11.0. The van der Waals surface area contributed by atoms with Crippen LogP contribution in [0.3, 0.4) is 0 Å². The van der Waals surface area contributed by atoms with Crippen LogP contribution in [0.2, 0.25) is 0 Å². The van der Waals surface area contributed by atoms with E-state index in [-0.39, 0.29) is 11.5 Å². The Kier molecular flexibility index (Phi) is 7.31. The quantitative estimate of drug-likeness (QED) is 0.172. The molecule has 2 aromatic rings. The van der Waals surface area contributed by atoms with Gasteiger partial charge in [-0.05, 0) is 16.3 Å². The average molecular weight is 459 g/mol. The molecular weight excluding hydrogens is 438 g/mol. The summed E-state index contributed by atoms with van der Waals surface area (Å²) in [5, 5.41) is 44.7. The minimum Gasteiger partial charge on any atom is -0.394 e. The molecule has 30 heavy (non-hydrogen) atoms. The number of oxime groups is 1. The van der Waals surface area contributed by atoms with Gasteiger partial charge in [0.1, 0.15) is 34.9 Å². The maximum absolute atomic E-state index is 11.0. The lowest BCUT2D eigenvalue weighted by Crippen LogP contribution is -2.57. The molecule has 10 nitrogen and oxygen atoms in total. The van der Waals surface area contributed by atoms with E-state index < -0.39 is 46.9 Å². The number of aliphatic hydroxyl groups excluding tert-OH is 4. The van der Waals surface area contributed by atoms with Crippen molar-refractivity contribution in [3.63, 3.8) is 0 Å². The molecule has 164 valence electrons. The van der Waals surface area contributed by atoms with E-state index in [0.29, 0.717) is 0 Å². The lowest BCUT2D eigenvalue weighted by atomic mass is 10.0. The van der Waals surface area contributed by atoms with E-state index in [1.54, 1.807) is 12.1 Å². The molecule has 0 bridgehead atoms. The van der Waals surface area contributed by atoms with Crippen LogP contribution in [0.25, 0.3) is 10.8 Å². The Morgan fingerprint density at radius 3 is 2.47 bits per heavy atom. The highest BCUT2D eigenvalue weighted by atomic mass is 32.3. The van der Waals surface area contributed by atoms with Crippen molar-refractivity contribution in [1.29, 1.82) is 0 Å². The van der Waals surface area contributed by atoms with E-state index in [2.05, 4.69) is 9.44 Å². The standard InChI is InChI=1S/C18H21NO9S2/c20-9-13-15(21)16(22)17(23)18(27-13)29-14(19-28-30(24,25)26)8-11-6-3-5-10-4-1-2-7-12(10)11/h1-7,13,15-18,20-23H,8-9H2,(H,24,25,26)/b19-14+/t13-,15-,16+,17-,18+/m1/s1. The fraction of sp³-hybridized carbons (Fsp3) is 0.389. The summed E-state index contributed by atoms with van der Waals surface area (Å²) in [6.45, 7) is -0.612. The van der Waals surface area contributed by atoms with Crippen molar-refractivity contribution in [2.75, 3.05) is 6.61 Å². The zero-order chi connectivity index (χ0) is 21.9. The maximum Gasteiger partial charge on any atom is 0.466 e. The van der Waals surface area contributed by atoms with Crippen LogP contribution in [-0.2, 0) is 25.8 Å². The molecule has 1 saturated heterocycles. The van der Waals surface area contributed by atoms with Crippen molar-refractivity contribution in [2.45, 2.75) is 36.3 Å². The van der Waals surface area contributed by atoms with Crippen LogP contribution in [-0.4, -0.2) is 74.9 Å². The first kappa shape index (κ1) is 22.9. The molecule has 12 heteroatoms. The van der Waals surface area contributed by atoms with E-state index in [4.69, 9.17) is 9.29 Å². The summed E-state index contributed by atoms with van der Waals surface area (Å²) in [7, 11) is -4.88. The lowest BCUT2D eigenvalue weighted by Gasteiger charge is -2.39. The first-order chi connectivity index (χ1) is 14.2. The lowest BCUT2D eigenvalue weighted by molar-refractivity contribution is -0.205. The van der Waals surface area contributed by atoms with Crippen LogP contribution < -0.4 is 0 Å². The van der Waals surface area contributed by atoms with Crippen LogP contribution in [0, 0.1) is 0 Å². The fourth-order valence-corrected chi connectivity index (χ4v) is 4.41. The highest BCUT2D eigenvalue weighted by Gasteiger charge is 2.44. The molecule has 3 rings (SSSR count). The molecule has 2 aromatic carbocycles. The van der Waals surface area contributed by atoms with Gasteiger partial charge in [-0.2, -0.15) is 8.42 Å². The van der Waals surface area contributed by atoms with Crippen molar-refractivity contribution in [3.05, 3.63) is 48.0 Å². The molecule has 0 aliphatic carbocycles. The minimum absolute atomic E-state index is 0.00769. The summed E-state index contributed by atoms with van der Waals surface area (Å²) >= 11 is 0.738. The van der Waals surface area contributed by atoms with Crippen molar-refractivity contribution in [1.82, 2.24) is 0 Å². The van der Waals surface area contributed by atoms with E-state index in [0.717, 1.165) is 28.1 Å². The second kappa shape index (κ2) is 9.58. The molecule has 0 amide bonds. The summed E-state index contributed by atoms with van der Waals surface area (Å²) in [5.74, 6) is 0. The minimum atomic E-state index is -4.88. The molecule has 0 aromatic heterocycles. The number of nitrogens with zero attached hydrogens (tertiary/aromatic N) is 1. The number of ether oxygens (including phenoxy) is 1. The highest BCUT2D eigenvalue weighted by Crippen LogP contribution is 2.31. The van der Waals surface area contributed by atoms with Gasteiger partial charge >= 0.3 is 10.4 Å². The topological polar surface area (TPSA) is 166 Å². The molecule has 0 radical (unpaired) electrons. The number of hydrogen-bond acceptors (Lipinski definition) is 10. The van der Waals surface area contributed by atoms with Crippen LogP contribution in [0.5, 0.6) is 0 Å². The summed E-state index contributed by atoms with van der Waals surface area (Å²) in [6, 6.07) is 13.0. The number of fused-ring (bicyclic) bond motifs is 1. The van der Waals surface area contributed by atoms with Gasteiger partial charge in [-0.1, -0.05) is 59.4 Å². The van der Waals surface area contributed by atoms with Gasteiger partial charge in [-0.3, -0.25) is 4.55 Å². The zero-order valence-corrected chi connectivity index (χ0v) is 17.1. The Labute approximate surface area is 176 Å². The zero-order valence-electron chi connectivity index (χ0n) is 15.5. The molecule has 0 saturated carbocycles. The molecule has 1 heterocycles. The second-order valence-corrected chi connectivity index (χ2v) is 8.79. The summed E-state index contributed by atoms with van der Waals surface area (Å²) < 4.78 is 40.4. The molecular formula is C18H21NO9S2. The van der Waals surface area contributed by atoms with Crippen LogP contribution in [0.4, 0.5) is 0 Å². The monoisotopic (exact) mass is 459 g/mol. The Hall–Kier alpha value is -1.77. The Morgan fingerprint density at radius 2 is 1.77 bits per heavy atom. The van der Waals surface area contributed by atoms with Crippen molar-refractivity contribution in [2.24, 2.45) is 5.16 Å². The van der Waals surface area contributed by atoms with Gasteiger partial charge in [-0.15, -0.1) is 0 Å². The smallest absolute Gasteiger partial charge is 0.394 e. The number of benzene rings is 2. The van der Waals surface area contributed by atoms with Crippen molar-refractivity contribution >= 4 is 38.0 Å². The van der Waals surface area contributed by atoms with Crippen LogP contribution >= 0.6 is 11.8 Å². The van der Waals surface area contributed by atoms with E-state index in [1.165, 1.54) is 0 Å². The van der Waals surface area contributed by atoms with Crippen molar-refractivity contribution < 1.29 is 42.4 Å². The van der Waals surface area contributed by atoms with E-state index in [9.17, 15) is 28.8 Å². The third-order valence-corrected chi connectivity index (χ3v) is 5.93. The second-order valence-electron chi connectivity index (χ2n) is 6.62. The molecule has 0 unspecified atom stereocenters. The third-order valence-electron chi connectivity index (χ3n) is 4.56. The molecule has 5 atom stereocenters. The predicted octanol–water partition coefficient (Wildman–Crippen LogP) is 0.0483. The first-order valence-electron chi connectivity index (χ1n) is 8.86. The van der Waals surface area contributed by atoms with Gasteiger partial charge in [0.05, 0.1) is 6.61 Å². The van der Waals surface area contributed by atoms with E-state index in [1.807, 2.05) is 30.3 Å². The van der Waals surface area contributed by atoms with Crippen molar-refractivity contribution in [3.8, 4) is 0 Å². The first-order valence-corrected chi connectivity index (χ1v) is 11.1. The van der Waals surface area contributed by atoms with Gasteiger partial charge in [-0.25, -0.2) is 4.28 Å². The summed E-state index contributed by atoms with van der Waals surface area (Å²) in [5.41, 5.74) is -0.442. The van der Waals surface area contributed by atoms with Gasteiger partial charge in [0.25, 0.3) is 0 Å². The van der Waals surface area contributed by atoms with Gasteiger partial charge in [0.2, 0.25) is 0 Å². The summed E-state index contributed by atoms with van der Waals surface area (Å²) in [4.78, 5) is 0. The van der Waals surface area contributed by atoms with Gasteiger partial charge in [0.15, 0.2) is 0 Å². The van der Waals surface area contributed by atoms with Crippen LogP contribution in [0.15, 0.2) is 47.6 Å². The van der Waals surface area contributed by atoms with E-state index >= 15 is 0 Å². The third kappa shape index (κ3) is 5.47. The number of hydrogen-bond donors (Lipinski definition) is 5. The highest BCUT2D eigenvalue weighted by molar-refractivity contribution is 8.14. The van der Waals surface area contributed by atoms with Crippen LogP contribution in [0.1, 0.15) is 5.56 Å². The fourth-order valence-electron chi connectivity index (χ4n) is 3.09. The predicted molar refractivity (Wildman–Crippen MR) is 109 cm³/mol. The normalized spacial score (nSPS) is 27.9. The van der Waals surface area contributed by atoms with Gasteiger partial charge in [0, 0.05) is 6.42 Å². The Morgan fingerprint density at radius 1 is 1.07 bits per heavy atom. The summed E-state index contributed by atoms with van der Waals surface area (Å²) in [6.07, 6.45) is -5.78. The average Bonchev–Trinajstić information content (AvgIpc) is 2.72. The number of thioether (sulfide) groups is 1. The molecule has 1 aliphatic rings.